The molecular weight excluding hydrogens is 317 g/mol. The molecule has 2 N–H and O–H groups in total. The van der Waals surface area contributed by atoms with Gasteiger partial charge in [0.2, 0.25) is 5.91 Å². The molecular formula is C14H9ClFNO3S. The van der Waals surface area contributed by atoms with Gasteiger partial charge in [-0.15, -0.1) is 11.3 Å². The molecule has 1 aromatic heterocycles. The van der Waals surface area contributed by atoms with Gasteiger partial charge in [0, 0.05) is 6.08 Å². The summed E-state index contributed by atoms with van der Waals surface area (Å²) in [4.78, 5) is 22.6. The molecule has 0 aliphatic rings. The van der Waals surface area contributed by atoms with E-state index in [1.807, 2.05) is 0 Å². The lowest BCUT2D eigenvalue weighted by Crippen LogP contribution is -2.09. The number of rotatable bonds is 4. The molecule has 1 aromatic carbocycles. The van der Waals surface area contributed by atoms with Crippen LogP contribution in [0.1, 0.15) is 15.9 Å². The largest absolute Gasteiger partial charge is 0.478 e. The Balaban J connectivity index is 2.07. The minimum Gasteiger partial charge on any atom is -0.478 e. The molecule has 0 aliphatic heterocycles. The lowest BCUT2D eigenvalue weighted by Gasteiger charge is -2.00. The molecule has 7 heteroatoms. The number of nitrogens with one attached hydrogen (secondary N) is 1. The van der Waals surface area contributed by atoms with Crippen LogP contribution < -0.4 is 5.32 Å². The van der Waals surface area contributed by atoms with Crippen LogP contribution in [0.2, 0.25) is 5.02 Å². The van der Waals surface area contributed by atoms with Crippen molar-refractivity contribution < 1.29 is 19.1 Å². The van der Waals surface area contributed by atoms with E-state index < -0.39 is 17.7 Å². The molecule has 0 unspecified atom stereocenters. The molecule has 21 heavy (non-hydrogen) atoms. The minimum absolute atomic E-state index is 0.0339. The number of hydrogen-bond acceptors (Lipinski definition) is 3. The van der Waals surface area contributed by atoms with E-state index in [1.54, 1.807) is 5.38 Å². The summed E-state index contributed by atoms with van der Waals surface area (Å²) in [5, 5.41) is 13.2. The molecule has 0 atom stereocenters. The van der Waals surface area contributed by atoms with Crippen molar-refractivity contribution >= 4 is 45.9 Å². The van der Waals surface area contributed by atoms with Crippen molar-refractivity contribution in [1.29, 1.82) is 0 Å². The molecule has 4 nitrogen and oxygen atoms in total. The molecule has 108 valence electrons. The van der Waals surface area contributed by atoms with Crippen LogP contribution in [0.3, 0.4) is 0 Å². The number of carbonyl (C=O) groups is 2. The molecule has 1 heterocycles. The third kappa shape index (κ3) is 3.90. The highest BCUT2D eigenvalue weighted by atomic mass is 35.5. The Hall–Kier alpha value is -2.18. The van der Waals surface area contributed by atoms with Crippen molar-refractivity contribution in [3.63, 3.8) is 0 Å². The van der Waals surface area contributed by atoms with Crippen molar-refractivity contribution in [2.24, 2.45) is 0 Å². The summed E-state index contributed by atoms with van der Waals surface area (Å²) in [5.74, 6) is -2.14. The van der Waals surface area contributed by atoms with Crippen LogP contribution in [0, 0.1) is 5.82 Å². The van der Waals surface area contributed by atoms with Crippen molar-refractivity contribution in [1.82, 2.24) is 0 Å². The monoisotopic (exact) mass is 325 g/mol. The Labute approximate surface area is 128 Å². The van der Waals surface area contributed by atoms with Gasteiger partial charge in [0.05, 0.1) is 10.6 Å². The number of thiophene rings is 1. The number of hydrogen-bond donors (Lipinski definition) is 2. The van der Waals surface area contributed by atoms with Crippen LogP contribution in [0.15, 0.2) is 35.7 Å². The predicted octanol–water partition coefficient (Wildman–Crippen LogP) is 3.89. The molecule has 0 fully saturated rings. The minimum atomic E-state index is -1.11. The lowest BCUT2D eigenvalue weighted by atomic mass is 10.2. The first kappa shape index (κ1) is 15.2. The molecule has 0 aliphatic carbocycles. The first-order chi connectivity index (χ1) is 9.97. The van der Waals surface area contributed by atoms with Gasteiger partial charge in [-0.1, -0.05) is 17.7 Å². The van der Waals surface area contributed by atoms with Crippen LogP contribution >= 0.6 is 22.9 Å². The predicted molar refractivity (Wildman–Crippen MR) is 80.4 cm³/mol. The van der Waals surface area contributed by atoms with E-state index in [-0.39, 0.29) is 15.6 Å². The SMILES string of the molecule is O=C(/C=C/c1ccc(F)c(Cl)c1)Nc1sccc1C(=O)O. The summed E-state index contributed by atoms with van der Waals surface area (Å²) in [6, 6.07) is 5.46. The highest BCUT2D eigenvalue weighted by Crippen LogP contribution is 2.23. The number of anilines is 1. The van der Waals surface area contributed by atoms with Gasteiger partial charge in [-0.05, 0) is 35.2 Å². The summed E-state index contributed by atoms with van der Waals surface area (Å²) >= 11 is 6.74. The van der Waals surface area contributed by atoms with Crippen LogP contribution in [0.4, 0.5) is 9.39 Å². The summed E-state index contributed by atoms with van der Waals surface area (Å²) in [6.07, 6.45) is 2.67. The number of carbonyl (C=O) groups excluding carboxylic acids is 1. The Kier molecular flexibility index (Phi) is 4.72. The highest BCUT2D eigenvalue weighted by molar-refractivity contribution is 7.14. The maximum Gasteiger partial charge on any atom is 0.338 e. The fraction of sp³-hybridized carbons (Fsp3) is 0. The number of benzene rings is 1. The van der Waals surface area contributed by atoms with E-state index in [4.69, 9.17) is 16.7 Å². The number of carboxylic acids is 1. The highest BCUT2D eigenvalue weighted by Gasteiger charge is 2.12. The van der Waals surface area contributed by atoms with Gasteiger partial charge < -0.3 is 10.4 Å². The molecule has 2 aromatic rings. The lowest BCUT2D eigenvalue weighted by molar-refractivity contribution is -0.111. The average Bonchev–Trinajstić information content (AvgIpc) is 2.88. The third-order valence-corrected chi connectivity index (χ3v) is 3.62. The van der Waals surface area contributed by atoms with Crippen molar-refractivity contribution in [3.8, 4) is 0 Å². The number of amides is 1. The normalized spacial score (nSPS) is 10.8. The summed E-state index contributed by atoms with van der Waals surface area (Å²) in [6.45, 7) is 0. The topological polar surface area (TPSA) is 66.4 Å². The molecule has 0 bridgehead atoms. The Morgan fingerprint density at radius 1 is 1.33 bits per heavy atom. The van der Waals surface area contributed by atoms with E-state index in [2.05, 4.69) is 5.32 Å². The quantitative estimate of drug-likeness (QED) is 0.838. The zero-order valence-electron chi connectivity index (χ0n) is 10.5. The van der Waals surface area contributed by atoms with Crippen molar-refractivity contribution in [2.75, 3.05) is 5.32 Å². The summed E-state index contributed by atoms with van der Waals surface area (Å²) < 4.78 is 13.0. The molecule has 2 rings (SSSR count). The smallest absolute Gasteiger partial charge is 0.338 e. The Morgan fingerprint density at radius 3 is 2.76 bits per heavy atom. The summed E-state index contributed by atoms with van der Waals surface area (Å²) in [5.41, 5.74) is 0.591. The zero-order valence-corrected chi connectivity index (χ0v) is 12.0. The van der Waals surface area contributed by atoms with Gasteiger partial charge in [0.15, 0.2) is 0 Å². The van der Waals surface area contributed by atoms with Crippen molar-refractivity contribution in [2.45, 2.75) is 0 Å². The third-order valence-electron chi connectivity index (χ3n) is 2.50. The van der Waals surface area contributed by atoms with E-state index in [0.29, 0.717) is 5.56 Å². The number of carboxylic acid groups (broad SMARTS) is 1. The fourth-order valence-electron chi connectivity index (χ4n) is 1.52. The van der Waals surface area contributed by atoms with Crippen LogP contribution in [-0.2, 0) is 4.79 Å². The second-order valence-corrected chi connectivity index (χ2v) is 5.29. The van der Waals surface area contributed by atoms with Crippen LogP contribution in [0.25, 0.3) is 6.08 Å². The van der Waals surface area contributed by atoms with Gasteiger partial charge in [-0.3, -0.25) is 4.79 Å². The van der Waals surface area contributed by atoms with Crippen molar-refractivity contribution in [3.05, 3.63) is 57.7 Å². The van der Waals surface area contributed by atoms with E-state index >= 15 is 0 Å². The second-order valence-electron chi connectivity index (χ2n) is 3.96. The van der Waals surface area contributed by atoms with Gasteiger partial charge in [-0.2, -0.15) is 0 Å². The van der Waals surface area contributed by atoms with Gasteiger partial charge in [-0.25, -0.2) is 9.18 Å². The maximum absolute atomic E-state index is 13.0. The van der Waals surface area contributed by atoms with Crippen LogP contribution in [-0.4, -0.2) is 17.0 Å². The van der Waals surface area contributed by atoms with Gasteiger partial charge in [0.25, 0.3) is 0 Å². The maximum atomic E-state index is 13.0. The Bertz CT molecular complexity index is 727. The molecule has 1 amide bonds. The molecule has 0 spiro atoms. The molecule has 0 radical (unpaired) electrons. The molecule has 0 saturated heterocycles. The second kappa shape index (κ2) is 6.51. The fourth-order valence-corrected chi connectivity index (χ4v) is 2.49. The number of aromatic carboxylic acids is 1. The van der Waals surface area contributed by atoms with Crippen LogP contribution in [0.5, 0.6) is 0 Å². The first-order valence-corrected chi connectivity index (χ1v) is 6.98. The number of halogens is 2. The van der Waals surface area contributed by atoms with Gasteiger partial charge in [0.1, 0.15) is 10.8 Å². The molecule has 0 saturated carbocycles. The van der Waals surface area contributed by atoms with Gasteiger partial charge >= 0.3 is 5.97 Å². The van der Waals surface area contributed by atoms with E-state index in [9.17, 15) is 14.0 Å². The summed E-state index contributed by atoms with van der Waals surface area (Å²) in [7, 11) is 0. The standard InChI is InChI=1S/C14H9ClFNO3S/c15-10-7-8(1-3-11(10)16)2-4-12(18)17-13-9(14(19)20)5-6-21-13/h1-7H,(H,17,18)(H,19,20)/b4-2+. The first-order valence-electron chi connectivity index (χ1n) is 5.72. The zero-order chi connectivity index (χ0) is 15.4. The van der Waals surface area contributed by atoms with E-state index in [1.165, 1.54) is 36.4 Å². The average molecular weight is 326 g/mol. The van der Waals surface area contributed by atoms with E-state index in [0.717, 1.165) is 11.3 Å². The Morgan fingerprint density at radius 2 is 2.10 bits per heavy atom.